The zero-order valence-corrected chi connectivity index (χ0v) is 11.1. The second-order valence-electron chi connectivity index (χ2n) is 6.20. The number of hydrogen-bond acceptors (Lipinski definition) is 2. The van der Waals surface area contributed by atoms with Crippen molar-refractivity contribution in [3.8, 4) is 0 Å². The van der Waals surface area contributed by atoms with Crippen molar-refractivity contribution in [2.75, 3.05) is 13.1 Å². The molecule has 1 saturated carbocycles. The number of rotatable bonds is 5. The number of hydrogen-bond donors (Lipinski definition) is 2. The van der Waals surface area contributed by atoms with E-state index in [1.165, 1.54) is 0 Å². The van der Waals surface area contributed by atoms with Gasteiger partial charge >= 0.3 is 0 Å². The lowest BCUT2D eigenvalue weighted by Crippen LogP contribution is -2.54. The Morgan fingerprint density at radius 3 is 2.44 bits per heavy atom. The third kappa shape index (κ3) is 2.76. The van der Waals surface area contributed by atoms with Crippen LogP contribution in [-0.4, -0.2) is 19.0 Å². The van der Waals surface area contributed by atoms with Gasteiger partial charge in [0.05, 0.1) is 5.41 Å². The zero-order chi connectivity index (χ0) is 12.4. The van der Waals surface area contributed by atoms with E-state index in [9.17, 15) is 4.79 Å². The van der Waals surface area contributed by atoms with Gasteiger partial charge in [0.2, 0.25) is 5.91 Å². The summed E-state index contributed by atoms with van der Waals surface area (Å²) in [6.45, 7) is 9.90. The quantitative estimate of drug-likeness (QED) is 0.752. The molecule has 0 heterocycles. The van der Waals surface area contributed by atoms with Crippen molar-refractivity contribution in [3.63, 3.8) is 0 Å². The van der Waals surface area contributed by atoms with Crippen LogP contribution in [0.3, 0.4) is 0 Å². The predicted molar refractivity (Wildman–Crippen MR) is 67.0 cm³/mol. The Morgan fingerprint density at radius 1 is 1.50 bits per heavy atom. The first-order valence-corrected chi connectivity index (χ1v) is 6.33. The monoisotopic (exact) mass is 226 g/mol. The molecule has 0 aromatic rings. The number of nitrogens with two attached hydrogens (primary N) is 1. The van der Waals surface area contributed by atoms with Crippen molar-refractivity contribution >= 4 is 5.91 Å². The SMILES string of the molecule is CCC(C)(C)CNC(=O)C1(CN)CC(C)C1. The summed E-state index contributed by atoms with van der Waals surface area (Å²) in [4.78, 5) is 12.1. The van der Waals surface area contributed by atoms with Crippen molar-refractivity contribution in [1.82, 2.24) is 5.32 Å². The van der Waals surface area contributed by atoms with Crippen molar-refractivity contribution < 1.29 is 4.79 Å². The molecule has 0 radical (unpaired) electrons. The van der Waals surface area contributed by atoms with Gasteiger partial charge in [-0.2, -0.15) is 0 Å². The molecule has 1 amide bonds. The first-order valence-electron chi connectivity index (χ1n) is 6.33. The van der Waals surface area contributed by atoms with Crippen LogP contribution in [0.1, 0.15) is 47.0 Å². The summed E-state index contributed by atoms with van der Waals surface area (Å²) in [5.74, 6) is 0.808. The van der Waals surface area contributed by atoms with E-state index in [2.05, 4.69) is 33.0 Å². The van der Waals surface area contributed by atoms with E-state index in [0.717, 1.165) is 25.8 Å². The summed E-state index contributed by atoms with van der Waals surface area (Å²) in [6, 6.07) is 0. The standard InChI is InChI=1S/C13H26N2O/c1-5-12(3,4)9-15-11(16)13(8-14)6-10(2)7-13/h10H,5-9,14H2,1-4H3,(H,15,16). The second-order valence-corrected chi connectivity index (χ2v) is 6.20. The molecule has 0 aromatic carbocycles. The van der Waals surface area contributed by atoms with Crippen molar-refractivity contribution in [3.05, 3.63) is 0 Å². The molecule has 0 spiro atoms. The summed E-state index contributed by atoms with van der Waals surface area (Å²) in [7, 11) is 0. The van der Waals surface area contributed by atoms with Crippen LogP contribution in [0.25, 0.3) is 0 Å². The highest BCUT2D eigenvalue weighted by Gasteiger charge is 2.47. The van der Waals surface area contributed by atoms with Crippen molar-refractivity contribution in [1.29, 1.82) is 0 Å². The molecule has 0 bridgehead atoms. The van der Waals surface area contributed by atoms with Gasteiger partial charge in [-0.05, 0) is 30.6 Å². The number of amides is 1. The van der Waals surface area contributed by atoms with Gasteiger partial charge in [-0.3, -0.25) is 4.79 Å². The summed E-state index contributed by atoms with van der Waals surface area (Å²) >= 11 is 0. The van der Waals surface area contributed by atoms with Gasteiger partial charge in [0.15, 0.2) is 0 Å². The van der Waals surface area contributed by atoms with E-state index in [0.29, 0.717) is 12.5 Å². The molecule has 3 nitrogen and oxygen atoms in total. The molecule has 0 unspecified atom stereocenters. The smallest absolute Gasteiger partial charge is 0.227 e. The average molecular weight is 226 g/mol. The fourth-order valence-corrected chi connectivity index (χ4v) is 2.35. The van der Waals surface area contributed by atoms with Gasteiger partial charge in [0.25, 0.3) is 0 Å². The topological polar surface area (TPSA) is 55.1 Å². The van der Waals surface area contributed by atoms with Gasteiger partial charge < -0.3 is 11.1 Å². The van der Waals surface area contributed by atoms with E-state index in [1.54, 1.807) is 0 Å². The van der Waals surface area contributed by atoms with Crippen LogP contribution in [0.5, 0.6) is 0 Å². The Hall–Kier alpha value is -0.570. The van der Waals surface area contributed by atoms with Gasteiger partial charge in [-0.15, -0.1) is 0 Å². The molecule has 0 saturated heterocycles. The fourth-order valence-electron chi connectivity index (χ4n) is 2.35. The summed E-state index contributed by atoms with van der Waals surface area (Å²) in [5.41, 5.74) is 5.66. The minimum absolute atomic E-state index is 0.162. The number of carbonyl (C=O) groups is 1. The molecule has 0 atom stereocenters. The van der Waals surface area contributed by atoms with E-state index in [-0.39, 0.29) is 16.7 Å². The molecule has 0 aromatic heterocycles. The van der Waals surface area contributed by atoms with Crippen LogP contribution in [0.4, 0.5) is 0 Å². The summed E-state index contributed by atoms with van der Waals surface area (Å²) in [5, 5.41) is 3.07. The largest absolute Gasteiger partial charge is 0.355 e. The lowest BCUT2D eigenvalue weighted by Gasteiger charge is -2.44. The zero-order valence-electron chi connectivity index (χ0n) is 11.1. The van der Waals surface area contributed by atoms with E-state index in [4.69, 9.17) is 5.73 Å². The van der Waals surface area contributed by atoms with Crippen LogP contribution in [0.2, 0.25) is 0 Å². The van der Waals surface area contributed by atoms with Gasteiger partial charge in [0.1, 0.15) is 0 Å². The normalized spacial score (nSPS) is 29.7. The van der Waals surface area contributed by atoms with E-state index in [1.807, 2.05) is 0 Å². The maximum Gasteiger partial charge on any atom is 0.227 e. The summed E-state index contributed by atoms with van der Waals surface area (Å²) in [6.07, 6.45) is 2.96. The predicted octanol–water partition coefficient (Wildman–Crippen LogP) is 1.91. The second kappa shape index (κ2) is 4.74. The minimum atomic E-state index is -0.261. The molecule has 94 valence electrons. The van der Waals surface area contributed by atoms with Crippen LogP contribution in [0.15, 0.2) is 0 Å². The molecule has 0 aliphatic heterocycles. The van der Waals surface area contributed by atoms with Gasteiger partial charge in [-0.25, -0.2) is 0 Å². The molecule has 1 aliphatic rings. The number of nitrogens with one attached hydrogen (secondary N) is 1. The summed E-state index contributed by atoms with van der Waals surface area (Å²) < 4.78 is 0. The third-order valence-corrected chi connectivity index (χ3v) is 4.04. The van der Waals surface area contributed by atoms with Crippen LogP contribution in [-0.2, 0) is 4.79 Å². The highest BCUT2D eigenvalue weighted by molar-refractivity contribution is 5.84. The Labute approximate surface area is 99.2 Å². The van der Waals surface area contributed by atoms with Crippen molar-refractivity contribution in [2.24, 2.45) is 22.5 Å². The molecule has 3 N–H and O–H groups in total. The minimum Gasteiger partial charge on any atom is -0.355 e. The lowest BCUT2D eigenvalue weighted by atomic mass is 9.62. The highest BCUT2D eigenvalue weighted by Crippen LogP contribution is 2.44. The number of carbonyl (C=O) groups excluding carboxylic acids is 1. The molecule has 1 aliphatic carbocycles. The van der Waals surface area contributed by atoms with Crippen molar-refractivity contribution in [2.45, 2.75) is 47.0 Å². The van der Waals surface area contributed by atoms with E-state index < -0.39 is 0 Å². The third-order valence-electron chi connectivity index (χ3n) is 4.04. The van der Waals surface area contributed by atoms with Crippen LogP contribution in [0, 0.1) is 16.7 Å². The Kier molecular flexibility index (Phi) is 4.00. The molecule has 1 rings (SSSR count). The molecular formula is C13H26N2O. The highest BCUT2D eigenvalue weighted by atomic mass is 16.2. The maximum atomic E-state index is 12.1. The molecule has 3 heteroatoms. The van der Waals surface area contributed by atoms with Crippen LogP contribution < -0.4 is 11.1 Å². The fraction of sp³-hybridized carbons (Fsp3) is 0.923. The van der Waals surface area contributed by atoms with Gasteiger partial charge in [-0.1, -0.05) is 27.7 Å². The Bertz CT molecular complexity index is 255. The first kappa shape index (κ1) is 13.5. The molecule has 1 fully saturated rings. The molecular weight excluding hydrogens is 200 g/mol. The van der Waals surface area contributed by atoms with E-state index >= 15 is 0 Å². The average Bonchev–Trinajstić information content (AvgIpc) is 2.21. The Balaban J connectivity index is 2.46. The van der Waals surface area contributed by atoms with Gasteiger partial charge in [0, 0.05) is 13.1 Å². The lowest BCUT2D eigenvalue weighted by molar-refractivity contribution is -0.138. The Morgan fingerprint density at radius 2 is 2.06 bits per heavy atom. The maximum absolute atomic E-state index is 12.1. The molecule has 16 heavy (non-hydrogen) atoms. The van der Waals surface area contributed by atoms with Crippen LogP contribution >= 0.6 is 0 Å². The first-order chi connectivity index (χ1) is 7.35.